The summed E-state index contributed by atoms with van der Waals surface area (Å²) in [5.41, 5.74) is 2.89. The van der Waals surface area contributed by atoms with Crippen LogP contribution in [0.3, 0.4) is 0 Å². The number of carbonyl (C=O) groups excluding carboxylic acids is 1. The van der Waals surface area contributed by atoms with E-state index in [0.29, 0.717) is 27.1 Å². The van der Waals surface area contributed by atoms with Gasteiger partial charge in [0, 0.05) is 10.6 Å². The second kappa shape index (κ2) is 11.2. The number of carboxylic acids is 1. The zero-order valence-electron chi connectivity index (χ0n) is 18.8. The van der Waals surface area contributed by atoms with Crippen molar-refractivity contribution in [1.29, 1.82) is 0 Å². The van der Waals surface area contributed by atoms with Crippen molar-refractivity contribution in [2.24, 2.45) is 0 Å². The second-order valence-electron chi connectivity index (χ2n) is 8.19. The number of rotatable bonds is 9. The van der Waals surface area contributed by atoms with Gasteiger partial charge in [-0.05, 0) is 77.9 Å². The zero-order valence-corrected chi connectivity index (χ0v) is 21.1. The standard InChI is InChI=1S/C26H21Cl2F3O4S/c27-20-10-16(11-21(28)25(20)35-12-15-4-6-17(7-5-15)26(29,30)31)14-36-23-9-8-22(34-13-24(32)33)18-2-1-3-19(18)23/h4-11H,1-3,12-14H2,(H,32,33)/p-1. The van der Waals surface area contributed by atoms with Crippen LogP contribution in [0, 0.1) is 0 Å². The summed E-state index contributed by atoms with van der Waals surface area (Å²) in [6.45, 7) is -0.465. The van der Waals surface area contributed by atoms with Gasteiger partial charge in [0.1, 0.15) is 19.0 Å². The summed E-state index contributed by atoms with van der Waals surface area (Å²) < 4.78 is 49.3. The molecule has 3 aromatic rings. The minimum absolute atomic E-state index is 0.0180. The zero-order chi connectivity index (χ0) is 25.9. The van der Waals surface area contributed by atoms with E-state index in [1.807, 2.05) is 6.07 Å². The first-order chi connectivity index (χ1) is 17.1. The smallest absolute Gasteiger partial charge is 0.416 e. The van der Waals surface area contributed by atoms with Gasteiger partial charge in [0.25, 0.3) is 0 Å². The van der Waals surface area contributed by atoms with Crippen molar-refractivity contribution in [3.8, 4) is 11.5 Å². The maximum absolute atomic E-state index is 12.7. The van der Waals surface area contributed by atoms with Gasteiger partial charge in [0.2, 0.25) is 0 Å². The molecule has 0 bridgehead atoms. The fourth-order valence-corrected chi connectivity index (χ4v) is 5.68. The summed E-state index contributed by atoms with van der Waals surface area (Å²) in [5, 5.41) is 11.3. The van der Waals surface area contributed by atoms with Crippen LogP contribution in [0.4, 0.5) is 13.2 Å². The normalized spacial score (nSPS) is 12.9. The molecule has 1 aliphatic carbocycles. The fraction of sp³-hybridized carbons (Fsp3) is 0.269. The van der Waals surface area contributed by atoms with Crippen molar-refractivity contribution >= 4 is 40.9 Å². The predicted octanol–water partition coefficient (Wildman–Crippen LogP) is 6.50. The van der Waals surface area contributed by atoms with Crippen LogP contribution in [0.2, 0.25) is 10.0 Å². The van der Waals surface area contributed by atoms with Crippen molar-refractivity contribution in [1.82, 2.24) is 0 Å². The third-order valence-corrected chi connectivity index (χ3v) is 7.39. The van der Waals surface area contributed by atoms with Crippen LogP contribution in [-0.4, -0.2) is 12.6 Å². The van der Waals surface area contributed by atoms with Gasteiger partial charge in [-0.3, -0.25) is 0 Å². The molecule has 1 aliphatic rings. The first-order valence-corrected chi connectivity index (χ1v) is 12.7. The third-order valence-electron chi connectivity index (χ3n) is 5.66. The van der Waals surface area contributed by atoms with Gasteiger partial charge in [-0.1, -0.05) is 35.3 Å². The summed E-state index contributed by atoms with van der Waals surface area (Å²) in [6, 6.07) is 11.9. The highest BCUT2D eigenvalue weighted by atomic mass is 35.5. The summed E-state index contributed by atoms with van der Waals surface area (Å²) in [5.74, 6) is 0.171. The highest BCUT2D eigenvalue weighted by Crippen LogP contribution is 2.40. The van der Waals surface area contributed by atoms with E-state index in [2.05, 4.69) is 0 Å². The van der Waals surface area contributed by atoms with Crippen LogP contribution in [0.15, 0.2) is 53.4 Å². The van der Waals surface area contributed by atoms with E-state index in [1.165, 1.54) is 12.1 Å². The lowest BCUT2D eigenvalue weighted by Gasteiger charge is -2.15. The molecule has 4 rings (SSSR count). The van der Waals surface area contributed by atoms with Gasteiger partial charge in [-0.15, -0.1) is 11.8 Å². The number of carbonyl (C=O) groups is 1. The Morgan fingerprint density at radius 3 is 2.25 bits per heavy atom. The minimum Gasteiger partial charge on any atom is -0.546 e. The number of carboxylic acid groups (broad SMARTS) is 1. The molecule has 190 valence electrons. The van der Waals surface area contributed by atoms with Gasteiger partial charge in [0.15, 0.2) is 5.75 Å². The van der Waals surface area contributed by atoms with Crippen molar-refractivity contribution in [3.63, 3.8) is 0 Å². The first-order valence-electron chi connectivity index (χ1n) is 11.0. The summed E-state index contributed by atoms with van der Waals surface area (Å²) in [7, 11) is 0. The summed E-state index contributed by atoms with van der Waals surface area (Å²) in [6.07, 6.45) is -1.71. The number of ether oxygens (including phenoxy) is 2. The Balaban J connectivity index is 1.41. The Morgan fingerprint density at radius 1 is 0.944 bits per heavy atom. The molecule has 36 heavy (non-hydrogen) atoms. The van der Waals surface area contributed by atoms with E-state index >= 15 is 0 Å². The summed E-state index contributed by atoms with van der Waals surface area (Å²) in [4.78, 5) is 11.8. The molecule has 0 amide bonds. The van der Waals surface area contributed by atoms with Gasteiger partial charge in [-0.2, -0.15) is 13.2 Å². The highest BCUT2D eigenvalue weighted by molar-refractivity contribution is 7.98. The largest absolute Gasteiger partial charge is 0.546 e. The molecule has 0 unspecified atom stereocenters. The van der Waals surface area contributed by atoms with Crippen LogP contribution in [-0.2, 0) is 36.2 Å². The van der Waals surface area contributed by atoms with Crippen LogP contribution >= 0.6 is 35.0 Å². The molecule has 0 N–H and O–H groups in total. The Labute approximate surface area is 220 Å². The van der Waals surface area contributed by atoms with E-state index in [9.17, 15) is 23.1 Å². The molecule has 10 heteroatoms. The Morgan fingerprint density at radius 2 is 1.61 bits per heavy atom. The van der Waals surface area contributed by atoms with Gasteiger partial charge in [-0.25, -0.2) is 0 Å². The lowest BCUT2D eigenvalue weighted by atomic mass is 10.1. The molecule has 0 aromatic heterocycles. The van der Waals surface area contributed by atoms with E-state index in [1.54, 1.807) is 30.0 Å². The van der Waals surface area contributed by atoms with Crippen molar-refractivity contribution in [2.75, 3.05) is 6.61 Å². The quantitative estimate of drug-likeness (QED) is 0.282. The molecule has 0 heterocycles. The monoisotopic (exact) mass is 555 g/mol. The molecule has 3 aromatic carbocycles. The highest BCUT2D eigenvalue weighted by Gasteiger charge is 2.30. The third kappa shape index (κ3) is 6.41. The molecule has 0 aliphatic heterocycles. The number of fused-ring (bicyclic) bond motifs is 1. The average molecular weight is 556 g/mol. The number of benzene rings is 3. The van der Waals surface area contributed by atoms with Crippen LogP contribution < -0.4 is 14.6 Å². The Bertz CT molecular complexity index is 1240. The molecular formula is C26H20Cl2F3O4S-. The SMILES string of the molecule is O=C([O-])COc1ccc(SCc2cc(Cl)c(OCc3ccc(C(F)(F)F)cc3)c(Cl)c2)c2c1CCC2. The molecule has 0 radical (unpaired) electrons. The number of hydrogen-bond acceptors (Lipinski definition) is 5. The molecule has 0 atom stereocenters. The minimum atomic E-state index is -4.40. The second-order valence-corrected chi connectivity index (χ2v) is 10.0. The van der Waals surface area contributed by atoms with Crippen molar-refractivity contribution in [2.45, 2.75) is 42.7 Å². The average Bonchev–Trinajstić information content (AvgIpc) is 3.31. The van der Waals surface area contributed by atoms with Gasteiger partial charge in [0.05, 0.1) is 21.6 Å². The van der Waals surface area contributed by atoms with Gasteiger partial charge < -0.3 is 19.4 Å². The molecule has 4 nitrogen and oxygen atoms in total. The molecular weight excluding hydrogens is 536 g/mol. The number of hydrogen-bond donors (Lipinski definition) is 0. The van der Waals surface area contributed by atoms with Crippen LogP contribution in [0.25, 0.3) is 0 Å². The number of alkyl halides is 3. The van der Waals surface area contributed by atoms with E-state index in [0.717, 1.165) is 53.0 Å². The van der Waals surface area contributed by atoms with Crippen molar-refractivity contribution < 1.29 is 32.5 Å². The van der Waals surface area contributed by atoms with E-state index in [4.69, 9.17) is 32.7 Å². The molecule has 0 spiro atoms. The Kier molecular flexibility index (Phi) is 8.27. The number of thioether (sulfide) groups is 1. The summed E-state index contributed by atoms with van der Waals surface area (Å²) >= 11 is 14.4. The number of aliphatic carboxylic acids is 1. The van der Waals surface area contributed by atoms with E-state index < -0.39 is 24.3 Å². The lowest BCUT2D eigenvalue weighted by molar-refractivity contribution is -0.307. The lowest BCUT2D eigenvalue weighted by Crippen LogP contribution is -2.29. The molecule has 0 fully saturated rings. The predicted molar refractivity (Wildman–Crippen MR) is 131 cm³/mol. The number of halogens is 5. The Hall–Kier alpha value is -2.55. The maximum atomic E-state index is 12.7. The molecule has 0 saturated heterocycles. The maximum Gasteiger partial charge on any atom is 0.416 e. The topological polar surface area (TPSA) is 58.6 Å². The van der Waals surface area contributed by atoms with Gasteiger partial charge >= 0.3 is 6.18 Å². The first kappa shape index (κ1) is 26.5. The van der Waals surface area contributed by atoms with Crippen LogP contribution in [0.5, 0.6) is 11.5 Å². The fourth-order valence-electron chi connectivity index (χ4n) is 3.99. The van der Waals surface area contributed by atoms with Crippen LogP contribution in [0.1, 0.15) is 34.2 Å². The van der Waals surface area contributed by atoms with Crippen molar-refractivity contribution in [3.05, 3.63) is 86.4 Å². The molecule has 0 saturated carbocycles. The van der Waals surface area contributed by atoms with E-state index in [-0.39, 0.29) is 12.4 Å².